The number of carbonyl (C=O) groups excluding carboxylic acids is 1. The van der Waals surface area contributed by atoms with Crippen molar-refractivity contribution in [3.05, 3.63) is 82.2 Å². The smallest absolute Gasteiger partial charge is 0.286 e. The number of nitrogens with zero attached hydrogens (tertiary/aromatic N) is 1. The number of ether oxygens (including phenoxy) is 1. The van der Waals surface area contributed by atoms with Crippen LogP contribution in [0.4, 0.5) is 5.69 Å². The van der Waals surface area contributed by atoms with Gasteiger partial charge in [-0.25, -0.2) is 0 Å². The molecule has 1 aliphatic heterocycles. The van der Waals surface area contributed by atoms with E-state index in [1.165, 1.54) is 7.11 Å². The van der Waals surface area contributed by atoms with E-state index in [-0.39, 0.29) is 17.7 Å². The fraction of sp³-hybridized carbons (Fsp3) is 0.296. The lowest BCUT2D eigenvalue weighted by molar-refractivity contribution is -0.121. The lowest BCUT2D eigenvalue weighted by Crippen LogP contribution is -2.46. The second kappa shape index (κ2) is 12.2. The third-order valence-corrected chi connectivity index (χ3v) is 6.83. The van der Waals surface area contributed by atoms with Gasteiger partial charge in [0.25, 0.3) is 5.91 Å². The molecule has 3 aromatic rings. The number of amides is 1. The van der Waals surface area contributed by atoms with Crippen LogP contribution < -0.4 is 10.6 Å². The molecule has 0 bridgehead atoms. The summed E-state index contributed by atoms with van der Waals surface area (Å²) in [6.45, 7) is 3.81. The Morgan fingerprint density at radius 1 is 1.14 bits per heavy atom. The molecule has 0 aliphatic carbocycles. The van der Waals surface area contributed by atoms with Gasteiger partial charge in [-0.1, -0.05) is 47.5 Å². The van der Waals surface area contributed by atoms with Crippen LogP contribution in [-0.4, -0.2) is 55.1 Å². The molecule has 8 heteroatoms. The summed E-state index contributed by atoms with van der Waals surface area (Å²) in [5.41, 5.74) is 2.91. The number of likely N-dealkylation sites (tertiary alicyclic amines) is 1. The average Bonchev–Trinajstić information content (AvgIpc) is 3.25. The number of rotatable bonds is 9. The summed E-state index contributed by atoms with van der Waals surface area (Å²) in [7, 11) is 1.51. The largest absolute Gasteiger partial charge is 0.491 e. The summed E-state index contributed by atoms with van der Waals surface area (Å²) >= 11 is 12.2. The standard InChI is InChI=1S/C27H30Cl2N4O2/c1-35-26(9-5-8-22-16-19-17-23(28)24(29)18-25(19)31-22)27(34)32-21-10-13-33(14-11-21)15-12-30-20-6-3-2-4-7-20/h2-9,16-18,21,30-31H,10-15H2,1H3,(H,32,34)/b8-5+,26-9-. The van der Waals surface area contributed by atoms with Crippen molar-refractivity contribution in [2.45, 2.75) is 18.9 Å². The molecule has 1 aliphatic rings. The van der Waals surface area contributed by atoms with Crippen molar-refractivity contribution in [2.24, 2.45) is 0 Å². The van der Waals surface area contributed by atoms with Crippen LogP contribution in [-0.2, 0) is 9.53 Å². The molecule has 0 unspecified atom stereocenters. The molecular weight excluding hydrogens is 483 g/mol. The van der Waals surface area contributed by atoms with Gasteiger partial charge in [0.1, 0.15) is 0 Å². The number of benzene rings is 2. The van der Waals surface area contributed by atoms with Gasteiger partial charge in [-0.3, -0.25) is 4.79 Å². The Balaban J connectivity index is 1.24. The van der Waals surface area contributed by atoms with Crippen LogP contribution in [0.3, 0.4) is 0 Å². The molecule has 0 spiro atoms. The number of aromatic amines is 1. The summed E-state index contributed by atoms with van der Waals surface area (Å²) in [6.07, 6.45) is 7.17. The highest BCUT2D eigenvalue weighted by Crippen LogP contribution is 2.28. The maximum Gasteiger partial charge on any atom is 0.286 e. The van der Waals surface area contributed by atoms with Crippen molar-refractivity contribution >= 4 is 51.8 Å². The van der Waals surface area contributed by atoms with E-state index in [2.05, 4.69) is 32.7 Å². The first kappa shape index (κ1) is 25.2. The summed E-state index contributed by atoms with van der Waals surface area (Å²) in [5, 5.41) is 8.54. The van der Waals surface area contributed by atoms with Crippen molar-refractivity contribution in [1.82, 2.24) is 15.2 Å². The Bertz CT molecular complexity index is 1160. The van der Waals surface area contributed by atoms with Gasteiger partial charge in [-0.15, -0.1) is 0 Å². The monoisotopic (exact) mass is 512 g/mol. The minimum absolute atomic E-state index is 0.145. The molecule has 35 heavy (non-hydrogen) atoms. The number of nitrogens with one attached hydrogen (secondary N) is 3. The predicted octanol–water partition coefficient (Wildman–Crippen LogP) is 5.71. The molecule has 3 N–H and O–H groups in total. The highest BCUT2D eigenvalue weighted by molar-refractivity contribution is 6.42. The minimum Gasteiger partial charge on any atom is -0.491 e. The molecule has 2 heterocycles. The Labute approximate surface area is 215 Å². The quantitative estimate of drug-likeness (QED) is 0.195. The number of allylic oxidation sites excluding steroid dienone is 2. The zero-order valence-corrected chi connectivity index (χ0v) is 21.2. The number of para-hydroxylation sites is 1. The molecule has 1 aromatic heterocycles. The summed E-state index contributed by atoms with van der Waals surface area (Å²) in [6, 6.07) is 16.0. The minimum atomic E-state index is -0.198. The molecule has 1 amide bonds. The molecule has 2 aromatic carbocycles. The number of hydrogen-bond acceptors (Lipinski definition) is 4. The lowest BCUT2D eigenvalue weighted by atomic mass is 10.0. The third kappa shape index (κ3) is 7.04. The fourth-order valence-electron chi connectivity index (χ4n) is 4.19. The topological polar surface area (TPSA) is 69.4 Å². The Kier molecular flexibility index (Phi) is 8.74. The number of halogens is 2. The number of piperidine rings is 1. The van der Waals surface area contributed by atoms with Gasteiger partial charge in [-0.05, 0) is 55.3 Å². The van der Waals surface area contributed by atoms with Gasteiger partial charge in [-0.2, -0.15) is 0 Å². The Hall–Kier alpha value is -2.93. The summed E-state index contributed by atoms with van der Waals surface area (Å²) < 4.78 is 5.33. The van der Waals surface area contributed by atoms with E-state index in [0.717, 1.165) is 61.3 Å². The van der Waals surface area contributed by atoms with Crippen molar-refractivity contribution in [3.8, 4) is 0 Å². The molecule has 184 valence electrons. The molecule has 1 saturated heterocycles. The molecule has 0 saturated carbocycles. The van der Waals surface area contributed by atoms with Gasteiger partial charge in [0.2, 0.25) is 0 Å². The molecule has 4 rings (SSSR count). The molecule has 1 fully saturated rings. The molecular formula is C27H30Cl2N4O2. The third-order valence-electron chi connectivity index (χ3n) is 6.10. The van der Waals surface area contributed by atoms with Crippen molar-refractivity contribution in [1.29, 1.82) is 0 Å². The van der Waals surface area contributed by atoms with E-state index in [9.17, 15) is 4.79 Å². The van der Waals surface area contributed by atoms with Crippen LogP contribution in [0.2, 0.25) is 10.0 Å². The van der Waals surface area contributed by atoms with Crippen molar-refractivity contribution in [2.75, 3.05) is 38.6 Å². The van der Waals surface area contributed by atoms with E-state index in [1.54, 1.807) is 18.2 Å². The maximum absolute atomic E-state index is 12.7. The van der Waals surface area contributed by atoms with Crippen LogP contribution in [0.25, 0.3) is 17.0 Å². The number of carbonyl (C=O) groups is 1. The van der Waals surface area contributed by atoms with E-state index >= 15 is 0 Å². The van der Waals surface area contributed by atoms with Gasteiger partial charge >= 0.3 is 0 Å². The van der Waals surface area contributed by atoms with Crippen molar-refractivity contribution in [3.63, 3.8) is 0 Å². The van der Waals surface area contributed by atoms with Gasteiger partial charge in [0, 0.05) is 54.5 Å². The van der Waals surface area contributed by atoms with E-state index in [4.69, 9.17) is 27.9 Å². The van der Waals surface area contributed by atoms with Crippen LogP contribution in [0.1, 0.15) is 18.5 Å². The van der Waals surface area contributed by atoms with Crippen molar-refractivity contribution < 1.29 is 9.53 Å². The number of H-pyrrole nitrogens is 1. The number of hydrogen-bond donors (Lipinski definition) is 3. The number of aromatic nitrogens is 1. The number of methoxy groups -OCH3 is 1. The first-order valence-electron chi connectivity index (χ1n) is 11.7. The van der Waals surface area contributed by atoms with E-state index in [0.29, 0.717) is 10.0 Å². The van der Waals surface area contributed by atoms with Crippen LogP contribution in [0.5, 0.6) is 0 Å². The Morgan fingerprint density at radius 3 is 2.63 bits per heavy atom. The Morgan fingerprint density at radius 2 is 1.89 bits per heavy atom. The zero-order valence-electron chi connectivity index (χ0n) is 19.7. The first-order valence-corrected chi connectivity index (χ1v) is 12.5. The van der Waals surface area contributed by atoms with Gasteiger partial charge in [0.05, 0.1) is 17.2 Å². The van der Waals surface area contributed by atoms with E-state index < -0.39 is 0 Å². The number of anilines is 1. The first-order chi connectivity index (χ1) is 17.0. The normalized spacial score (nSPS) is 15.6. The van der Waals surface area contributed by atoms with Crippen LogP contribution in [0, 0.1) is 0 Å². The molecule has 6 nitrogen and oxygen atoms in total. The highest BCUT2D eigenvalue weighted by Gasteiger charge is 2.21. The zero-order chi connectivity index (χ0) is 24.6. The SMILES string of the molecule is CO/C(=C\C=C\c1cc2cc(Cl)c(Cl)cc2[nH]1)C(=O)NC1CCN(CCNc2ccccc2)CC1. The summed E-state index contributed by atoms with van der Waals surface area (Å²) in [4.78, 5) is 18.4. The average molecular weight is 513 g/mol. The van der Waals surface area contributed by atoms with Gasteiger partial charge in [0.15, 0.2) is 5.76 Å². The molecule has 0 radical (unpaired) electrons. The fourth-order valence-corrected chi connectivity index (χ4v) is 4.52. The van der Waals surface area contributed by atoms with Crippen LogP contribution in [0.15, 0.2) is 66.4 Å². The summed E-state index contributed by atoms with van der Waals surface area (Å²) in [5.74, 6) is 0.0782. The van der Waals surface area contributed by atoms with Crippen LogP contribution >= 0.6 is 23.2 Å². The lowest BCUT2D eigenvalue weighted by Gasteiger charge is -2.32. The second-order valence-corrected chi connectivity index (χ2v) is 9.37. The second-order valence-electron chi connectivity index (χ2n) is 8.55. The predicted molar refractivity (Wildman–Crippen MR) is 145 cm³/mol. The van der Waals surface area contributed by atoms with E-state index in [1.807, 2.05) is 36.4 Å². The number of fused-ring (bicyclic) bond motifs is 1. The highest BCUT2D eigenvalue weighted by atomic mass is 35.5. The van der Waals surface area contributed by atoms with Gasteiger partial charge < -0.3 is 25.3 Å². The maximum atomic E-state index is 12.7. The molecule has 0 atom stereocenters.